The van der Waals surface area contributed by atoms with Crippen LogP contribution in [0, 0.1) is 0 Å². The number of ether oxygens (including phenoxy) is 2. The Kier molecular flexibility index (Phi) is 8.80. The molecule has 2 aromatic heterocycles. The van der Waals surface area contributed by atoms with Crippen LogP contribution in [0.4, 0.5) is 0 Å². The molecule has 0 saturated carbocycles. The van der Waals surface area contributed by atoms with Gasteiger partial charge in [0.25, 0.3) is 11.5 Å². The summed E-state index contributed by atoms with van der Waals surface area (Å²) in [4.78, 5) is 45.9. The Morgan fingerprint density at radius 3 is 2.41 bits per heavy atom. The van der Waals surface area contributed by atoms with Crippen LogP contribution in [0.2, 0.25) is 10.0 Å². The minimum Gasteiger partial charge on any atom is -0.493 e. The highest BCUT2D eigenvalue weighted by atomic mass is 35.5. The fourth-order valence-electron chi connectivity index (χ4n) is 4.98. The first-order valence-corrected chi connectivity index (χ1v) is 15.8. The highest BCUT2D eigenvalue weighted by Crippen LogP contribution is 2.37. The van der Waals surface area contributed by atoms with Gasteiger partial charge in [-0.3, -0.25) is 28.2 Å². The maximum Gasteiger partial charge on any atom is 0.332 e. The number of halogens is 2. The molecule has 0 spiro atoms. The van der Waals surface area contributed by atoms with E-state index in [0.717, 1.165) is 10.1 Å². The van der Waals surface area contributed by atoms with E-state index in [1.165, 1.54) is 37.5 Å². The number of fused-ring (bicyclic) bond motifs is 1. The monoisotopic (exact) mass is 693 g/mol. The van der Waals surface area contributed by atoms with Crippen LogP contribution >= 0.6 is 47.2 Å². The van der Waals surface area contributed by atoms with Crippen molar-refractivity contribution in [1.29, 1.82) is 0 Å². The van der Waals surface area contributed by atoms with Crippen molar-refractivity contribution in [3.05, 3.63) is 119 Å². The normalized spacial score (nSPS) is 14.1. The third kappa shape index (κ3) is 5.96. The van der Waals surface area contributed by atoms with Crippen LogP contribution in [0.25, 0.3) is 17.2 Å². The van der Waals surface area contributed by atoms with Gasteiger partial charge in [-0.2, -0.15) is 4.98 Å². The van der Waals surface area contributed by atoms with Crippen LogP contribution in [-0.2, 0) is 32.0 Å². The van der Waals surface area contributed by atoms with Gasteiger partial charge in [0, 0.05) is 24.1 Å². The second-order valence-electron chi connectivity index (χ2n) is 10.4. The first-order chi connectivity index (χ1) is 22.0. The summed E-state index contributed by atoms with van der Waals surface area (Å²) in [6.07, 6.45) is 1.74. The first-order valence-electron chi connectivity index (χ1n) is 13.8. The molecule has 6 rings (SSSR count). The van der Waals surface area contributed by atoms with Gasteiger partial charge in [0.05, 0.1) is 25.1 Å². The zero-order valence-corrected chi connectivity index (χ0v) is 27.8. The minimum atomic E-state index is -0.544. The van der Waals surface area contributed by atoms with Gasteiger partial charge in [0.1, 0.15) is 4.32 Å². The van der Waals surface area contributed by atoms with E-state index in [9.17, 15) is 14.4 Å². The molecule has 0 aliphatic carbocycles. The zero-order chi connectivity index (χ0) is 32.7. The number of thiocarbonyl (C=S) groups is 1. The Balaban J connectivity index is 1.36. The summed E-state index contributed by atoms with van der Waals surface area (Å²) in [5.74, 6) is 0.454. The van der Waals surface area contributed by atoms with Crippen LogP contribution < -0.4 is 20.7 Å². The lowest BCUT2D eigenvalue weighted by Gasteiger charge is -2.14. The molecule has 1 aliphatic rings. The predicted molar refractivity (Wildman–Crippen MR) is 184 cm³/mol. The Morgan fingerprint density at radius 1 is 0.935 bits per heavy atom. The number of rotatable bonds is 8. The lowest BCUT2D eigenvalue weighted by atomic mass is 10.1. The Bertz CT molecular complexity index is 2190. The van der Waals surface area contributed by atoms with E-state index in [2.05, 4.69) is 4.98 Å². The average molecular weight is 695 g/mol. The van der Waals surface area contributed by atoms with Crippen molar-refractivity contribution in [3.63, 3.8) is 0 Å². The van der Waals surface area contributed by atoms with E-state index in [0.29, 0.717) is 42.7 Å². The third-order valence-corrected chi connectivity index (χ3v) is 9.37. The molecular weight excluding hydrogens is 669 g/mol. The van der Waals surface area contributed by atoms with E-state index in [1.807, 2.05) is 30.3 Å². The molecule has 0 atom stereocenters. The highest BCUT2D eigenvalue weighted by molar-refractivity contribution is 8.26. The number of carbonyl (C=O) groups is 1. The fraction of sp³-hybridized carbons (Fsp3) is 0.156. The van der Waals surface area contributed by atoms with Crippen molar-refractivity contribution in [2.45, 2.75) is 13.1 Å². The summed E-state index contributed by atoms with van der Waals surface area (Å²) in [5, 5.41) is 0.848. The third-order valence-electron chi connectivity index (χ3n) is 7.40. The topological polar surface area (TPSA) is 101 Å². The van der Waals surface area contributed by atoms with Gasteiger partial charge < -0.3 is 9.47 Å². The molecule has 0 unspecified atom stereocenters. The SMILES string of the molecule is COc1cc(C=C2SC(=S)N(Cc3ccccc3)C2=O)ccc1Oc1nc2c(c(=O)n(C)c(=O)n2C)n1Cc1ccc(Cl)cc1Cl. The van der Waals surface area contributed by atoms with Gasteiger partial charge in [-0.25, -0.2) is 4.79 Å². The molecule has 1 saturated heterocycles. The van der Waals surface area contributed by atoms with E-state index in [-0.39, 0.29) is 35.4 Å². The second kappa shape index (κ2) is 12.8. The van der Waals surface area contributed by atoms with Crippen LogP contribution in [0.3, 0.4) is 0 Å². The number of imidazole rings is 1. The molecule has 5 aromatic rings. The van der Waals surface area contributed by atoms with Crippen LogP contribution in [0.15, 0.2) is 81.2 Å². The van der Waals surface area contributed by atoms with Crippen LogP contribution in [0.5, 0.6) is 17.5 Å². The Labute approximate surface area is 282 Å². The number of thioether (sulfide) groups is 1. The van der Waals surface area contributed by atoms with Crippen molar-refractivity contribution >= 4 is 74.6 Å². The summed E-state index contributed by atoms with van der Waals surface area (Å²) in [6.45, 7) is 0.483. The zero-order valence-electron chi connectivity index (χ0n) is 24.7. The number of methoxy groups -OCH3 is 1. The van der Waals surface area contributed by atoms with Crippen molar-refractivity contribution in [3.8, 4) is 17.5 Å². The molecule has 0 N–H and O–H groups in total. The Hall–Kier alpha value is -4.36. The molecule has 1 aliphatic heterocycles. The number of aromatic nitrogens is 4. The maximum atomic E-state index is 13.3. The summed E-state index contributed by atoms with van der Waals surface area (Å²) in [5.41, 5.74) is 1.53. The fourth-order valence-corrected chi connectivity index (χ4v) is 6.71. The first kappa shape index (κ1) is 31.6. The van der Waals surface area contributed by atoms with Crippen molar-refractivity contribution in [2.75, 3.05) is 7.11 Å². The molecule has 46 heavy (non-hydrogen) atoms. The van der Waals surface area contributed by atoms with Crippen LogP contribution in [0.1, 0.15) is 16.7 Å². The number of hydrogen-bond acceptors (Lipinski definition) is 8. The van der Waals surface area contributed by atoms with Crippen molar-refractivity contribution in [2.24, 2.45) is 14.1 Å². The molecule has 14 heteroatoms. The van der Waals surface area contributed by atoms with Crippen molar-refractivity contribution in [1.82, 2.24) is 23.6 Å². The second-order valence-corrected chi connectivity index (χ2v) is 12.9. The van der Waals surface area contributed by atoms with E-state index in [1.54, 1.807) is 51.9 Å². The maximum absolute atomic E-state index is 13.3. The number of hydrogen-bond donors (Lipinski definition) is 0. The number of benzene rings is 3. The summed E-state index contributed by atoms with van der Waals surface area (Å²) in [6, 6.07) is 19.9. The van der Waals surface area contributed by atoms with E-state index in [4.69, 9.17) is 44.9 Å². The summed E-state index contributed by atoms with van der Waals surface area (Å²) in [7, 11) is 4.41. The smallest absolute Gasteiger partial charge is 0.332 e. The quantitative estimate of drug-likeness (QED) is 0.144. The molecule has 0 bridgehead atoms. The number of aryl methyl sites for hydroxylation is 1. The predicted octanol–water partition coefficient (Wildman–Crippen LogP) is 5.99. The number of nitrogens with zero attached hydrogens (tertiary/aromatic N) is 5. The molecular formula is C32H25Cl2N5O5S2. The summed E-state index contributed by atoms with van der Waals surface area (Å²) < 4.78 is 16.2. The standard InChI is InChI=1S/C32H25Cl2N5O5S2/c1-36-27-26(29(41)37(2)31(36)42)38(17-20-10-11-21(33)15-22(20)34)30(35-27)44-23-12-9-19(13-24(23)43-3)14-25-28(40)39(32(45)46-25)16-18-7-5-4-6-8-18/h4-15H,16-17H2,1-3H3. The largest absolute Gasteiger partial charge is 0.493 e. The van der Waals surface area contributed by atoms with Gasteiger partial charge in [0.15, 0.2) is 22.7 Å². The minimum absolute atomic E-state index is 0.0344. The van der Waals surface area contributed by atoms with Gasteiger partial charge in [-0.05, 0) is 47.0 Å². The lowest BCUT2D eigenvalue weighted by molar-refractivity contribution is -0.122. The lowest BCUT2D eigenvalue weighted by Crippen LogP contribution is -2.37. The molecule has 1 fully saturated rings. The van der Waals surface area contributed by atoms with Gasteiger partial charge in [-0.1, -0.05) is 89.6 Å². The van der Waals surface area contributed by atoms with E-state index >= 15 is 0 Å². The average Bonchev–Trinajstić information content (AvgIpc) is 3.53. The highest BCUT2D eigenvalue weighted by Gasteiger charge is 2.32. The molecule has 3 heterocycles. The Morgan fingerprint density at radius 2 is 1.70 bits per heavy atom. The number of amides is 1. The molecule has 10 nitrogen and oxygen atoms in total. The molecule has 1 amide bonds. The molecule has 0 radical (unpaired) electrons. The van der Waals surface area contributed by atoms with E-state index < -0.39 is 11.2 Å². The molecule has 234 valence electrons. The number of carbonyl (C=O) groups excluding carboxylic acids is 1. The summed E-state index contributed by atoms with van der Waals surface area (Å²) >= 11 is 19.3. The van der Waals surface area contributed by atoms with Crippen LogP contribution in [-0.4, -0.2) is 40.9 Å². The van der Waals surface area contributed by atoms with Gasteiger partial charge in [0.2, 0.25) is 0 Å². The van der Waals surface area contributed by atoms with Gasteiger partial charge in [-0.15, -0.1) is 0 Å². The van der Waals surface area contributed by atoms with Crippen molar-refractivity contribution < 1.29 is 14.3 Å². The van der Waals surface area contributed by atoms with Gasteiger partial charge >= 0.3 is 11.7 Å². The molecule has 3 aromatic carbocycles.